The Balaban J connectivity index is 1.66. The van der Waals surface area contributed by atoms with Gasteiger partial charge in [-0.25, -0.2) is 0 Å². The second-order valence-electron chi connectivity index (χ2n) is 5.57. The van der Waals surface area contributed by atoms with E-state index in [0.29, 0.717) is 13.2 Å². The standard InChI is InChI=1S/C16H20N4O2/c1-11-9-17-6-4-12(11)10-18-16(21)13-3-2-8-22-15(13)14-5-7-19-20-14/h4-7,9,13,15H,2-3,8,10H2,1H3,(H,18,21)(H,19,20)/t13-,15-/m1/s1. The molecule has 116 valence electrons. The van der Waals surface area contributed by atoms with Gasteiger partial charge < -0.3 is 10.1 Å². The average molecular weight is 300 g/mol. The van der Waals surface area contributed by atoms with Gasteiger partial charge in [0, 0.05) is 31.7 Å². The van der Waals surface area contributed by atoms with Crippen LogP contribution >= 0.6 is 0 Å². The number of hydrogen-bond acceptors (Lipinski definition) is 4. The first-order valence-corrected chi connectivity index (χ1v) is 7.54. The molecule has 6 nitrogen and oxygen atoms in total. The molecule has 1 aliphatic rings. The molecule has 0 aliphatic carbocycles. The number of aromatic nitrogens is 3. The Morgan fingerprint density at radius 1 is 1.45 bits per heavy atom. The van der Waals surface area contributed by atoms with Gasteiger partial charge in [0.25, 0.3) is 0 Å². The maximum absolute atomic E-state index is 12.5. The summed E-state index contributed by atoms with van der Waals surface area (Å²) in [4.78, 5) is 16.6. The van der Waals surface area contributed by atoms with Crippen molar-refractivity contribution in [3.63, 3.8) is 0 Å². The number of nitrogens with one attached hydrogen (secondary N) is 2. The highest BCUT2D eigenvalue weighted by Gasteiger charge is 2.33. The zero-order valence-electron chi connectivity index (χ0n) is 12.6. The number of carbonyl (C=O) groups is 1. The zero-order valence-corrected chi connectivity index (χ0v) is 12.6. The molecule has 2 atom stereocenters. The molecule has 0 bridgehead atoms. The van der Waals surface area contributed by atoms with Gasteiger partial charge in [0.05, 0.1) is 11.6 Å². The van der Waals surface area contributed by atoms with Crippen molar-refractivity contribution >= 4 is 5.91 Å². The molecule has 0 spiro atoms. The van der Waals surface area contributed by atoms with Gasteiger partial charge in [-0.1, -0.05) is 0 Å². The minimum atomic E-state index is -0.241. The Morgan fingerprint density at radius 2 is 2.36 bits per heavy atom. The van der Waals surface area contributed by atoms with Crippen molar-refractivity contribution in [2.24, 2.45) is 5.92 Å². The largest absolute Gasteiger partial charge is 0.371 e. The summed E-state index contributed by atoms with van der Waals surface area (Å²) in [5.74, 6) is -0.160. The number of nitrogens with zero attached hydrogens (tertiary/aromatic N) is 2. The number of amides is 1. The lowest BCUT2D eigenvalue weighted by Crippen LogP contribution is -2.37. The van der Waals surface area contributed by atoms with E-state index < -0.39 is 0 Å². The highest BCUT2D eigenvalue weighted by Crippen LogP contribution is 2.32. The molecular weight excluding hydrogens is 280 g/mol. The second kappa shape index (κ2) is 6.70. The van der Waals surface area contributed by atoms with Crippen LogP contribution in [0.25, 0.3) is 0 Å². The molecule has 0 aromatic carbocycles. The lowest BCUT2D eigenvalue weighted by molar-refractivity contribution is -0.135. The van der Waals surface area contributed by atoms with Crippen LogP contribution < -0.4 is 5.32 Å². The highest BCUT2D eigenvalue weighted by atomic mass is 16.5. The third-order valence-corrected chi connectivity index (χ3v) is 4.08. The van der Waals surface area contributed by atoms with Crippen molar-refractivity contribution in [2.45, 2.75) is 32.4 Å². The smallest absolute Gasteiger partial charge is 0.226 e. The third kappa shape index (κ3) is 3.17. The molecule has 0 radical (unpaired) electrons. The number of rotatable bonds is 4. The van der Waals surface area contributed by atoms with Gasteiger partial charge in [-0.2, -0.15) is 5.10 Å². The molecule has 2 N–H and O–H groups in total. The van der Waals surface area contributed by atoms with Crippen molar-refractivity contribution in [3.05, 3.63) is 47.5 Å². The molecule has 0 saturated carbocycles. The molecule has 3 heterocycles. The normalized spacial score (nSPS) is 21.5. The average Bonchev–Trinajstić information content (AvgIpc) is 3.08. The van der Waals surface area contributed by atoms with Crippen LogP contribution in [0.1, 0.15) is 35.8 Å². The Labute approximate surface area is 129 Å². The van der Waals surface area contributed by atoms with E-state index in [2.05, 4.69) is 20.5 Å². The number of pyridine rings is 1. The van der Waals surface area contributed by atoms with Crippen LogP contribution in [0.3, 0.4) is 0 Å². The molecule has 1 fully saturated rings. The van der Waals surface area contributed by atoms with Crippen LogP contribution in [0, 0.1) is 12.8 Å². The summed E-state index contributed by atoms with van der Waals surface area (Å²) >= 11 is 0. The van der Waals surface area contributed by atoms with Gasteiger partial charge in [-0.05, 0) is 43.0 Å². The quantitative estimate of drug-likeness (QED) is 0.903. The first-order chi connectivity index (χ1) is 10.8. The molecule has 1 aliphatic heterocycles. The predicted octanol–water partition coefficient (Wildman–Crippen LogP) is 1.90. The summed E-state index contributed by atoms with van der Waals surface area (Å²) in [5, 5.41) is 9.88. The van der Waals surface area contributed by atoms with Crippen LogP contribution in [0.2, 0.25) is 0 Å². The van der Waals surface area contributed by atoms with Crippen molar-refractivity contribution in [1.29, 1.82) is 0 Å². The van der Waals surface area contributed by atoms with Crippen molar-refractivity contribution in [1.82, 2.24) is 20.5 Å². The molecule has 3 rings (SSSR count). The number of aryl methyl sites for hydroxylation is 1. The van der Waals surface area contributed by atoms with E-state index in [0.717, 1.165) is 29.7 Å². The zero-order chi connectivity index (χ0) is 15.4. The molecule has 2 aromatic heterocycles. The second-order valence-corrected chi connectivity index (χ2v) is 5.57. The van der Waals surface area contributed by atoms with Gasteiger partial charge in [-0.3, -0.25) is 14.9 Å². The molecule has 1 saturated heterocycles. The van der Waals surface area contributed by atoms with Gasteiger partial charge in [0.2, 0.25) is 5.91 Å². The van der Waals surface area contributed by atoms with E-state index in [1.165, 1.54) is 0 Å². The fourth-order valence-corrected chi connectivity index (χ4v) is 2.80. The van der Waals surface area contributed by atoms with Crippen LogP contribution in [0.5, 0.6) is 0 Å². The maximum Gasteiger partial charge on any atom is 0.226 e. The van der Waals surface area contributed by atoms with Crippen LogP contribution in [-0.4, -0.2) is 27.7 Å². The van der Waals surface area contributed by atoms with Gasteiger partial charge >= 0.3 is 0 Å². The van der Waals surface area contributed by atoms with Crippen molar-refractivity contribution in [2.75, 3.05) is 6.61 Å². The summed E-state index contributed by atoms with van der Waals surface area (Å²) in [5.41, 5.74) is 3.02. The lowest BCUT2D eigenvalue weighted by atomic mass is 9.91. The lowest BCUT2D eigenvalue weighted by Gasteiger charge is -2.30. The SMILES string of the molecule is Cc1cnccc1CNC(=O)[C@@H]1CCCO[C@H]1c1ccn[nH]1. The summed E-state index contributed by atoms with van der Waals surface area (Å²) in [6.07, 6.45) is 6.71. The Morgan fingerprint density at radius 3 is 3.14 bits per heavy atom. The minimum Gasteiger partial charge on any atom is -0.371 e. The number of aromatic amines is 1. The van der Waals surface area contributed by atoms with Crippen molar-refractivity contribution < 1.29 is 9.53 Å². The topological polar surface area (TPSA) is 79.9 Å². The highest BCUT2D eigenvalue weighted by molar-refractivity contribution is 5.79. The summed E-state index contributed by atoms with van der Waals surface area (Å²) in [6.45, 7) is 3.18. The fraction of sp³-hybridized carbons (Fsp3) is 0.438. The van der Waals surface area contributed by atoms with E-state index in [-0.39, 0.29) is 17.9 Å². The maximum atomic E-state index is 12.5. The van der Waals surface area contributed by atoms with Crippen LogP contribution in [-0.2, 0) is 16.1 Å². The predicted molar refractivity (Wildman–Crippen MR) is 80.8 cm³/mol. The Kier molecular flexibility index (Phi) is 4.48. The molecule has 2 aromatic rings. The van der Waals surface area contributed by atoms with Gasteiger partial charge in [0.1, 0.15) is 6.10 Å². The first-order valence-electron chi connectivity index (χ1n) is 7.54. The van der Waals surface area contributed by atoms with E-state index in [1.54, 1.807) is 18.6 Å². The minimum absolute atomic E-state index is 0.0236. The molecule has 6 heteroatoms. The van der Waals surface area contributed by atoms with Crippen molar-refractivity contribution in [3.8, 4) is 0 Å². The van der Waals surface area contributed by atoms with Crippen LogP contribution in [0.15, 0.2) is 30.7 Å². The van der Waals surface area contributed by atoms with E-state index in [1.807, 2.05) is 19.1 Å². The fourth-order valence-electron chi connectivity index (χ4n) is 2.80. The number of ether oxygens (including phenoxy) is 1. The molecule has 0 unspecified atom stereocenters. The van der Waals surface area contributed by atoms with Gasteiger partial charge in [-0.15, -0.1) is 0 Å². The molecule has 1 amide bonds. The molecular formula is C16H20N4O2. The Hall–Kier alpha value is -2.21. The number of carbonyl (C=O) groups excluding carboxylic acids is 1. The summed E-state index contributed by atoms with van der Waals surface area (Å²) in [6, 6.07) is 3.79. The van der Waals surface area contributed by atoms with Crippen LogP contribution in [0.4, 0.5) is 0 Å². The number of H-pyrrole nitrogens is 1. The van der Waals surface area contributed by atoms with E-state index in [9.17, 15) is 4.79 Å². The number of hydrogen-bond donors (Lipinski definition) is 2. The monoisotopic (exact) mass is 300 g/mol. The molecule has 22 heavy (non-hydrogen) atoms. The summed E-state index contributed by atoms with van der Waals surface area (Å²) < 4.78 is 5.79. The first kappa shape index (κ1) is 14.7. The van der Waals surface area contributed by atoms with Gasteiger partial charge in [0.15, 0.2) is 0 Å². The Bertz CT molecular complexity index is 627. The third-order valence-electron chi connectivity index (χ3n) is 4.08. The summed E-state index contributed by atoms with van der Waals surface area (Å²) in [7, 11) is 0. The van der Waals surface area contributed by atoms with E-state index in [4.69, 9.17) is 4.74 Å². The van der Waals surface area contributed by atoms with E-state index >= 15 is 0 Å².